The lowest BCUT2D eigenvalue weighted by Crippen LogP contribution is -2.41. The SMILES string of the molecule is CCNC(CO)CCN(CC)C1CCCCC1. The van der Waals surface area contributed by atoms with Crippen LogP contribution in [-0.4, -0.2) is 48.3 Å². The molecule has 0 aromatic rings. The summed E-state index contributed by atoms with van der Waals surface area (Å²) in [6.45, 7) is 7.84. The number of aliphatic hydroxyl groups is 1. The van der Waals surface area contributed by atoms with E-state index < -0.39 is 0 Å². The summed E-state index contributed by atoms with van der Waals surface area (Å²) in [6.07, 6.45) is 8.03. The van der Waals surface area contributed by atoms with Gasteiger partial charge in [0.25, 0.3) is 0 Å². The van der Waals surface area contributed by atoms with Gasteiger partial charge in [0.15, 0.2) is 0 Å². The predicted molar refractivity (Wildman–Crippen MR) is 73.3 cm³/mol. The molecule has 3 nitrogen and oxygen atoms in total. The van der Waals surface area contributed by atoms with Crippen molar-refractivity contribution < 1.29 is 5.11 Å². The summed E-state index contributed by atoms with van der Waals surface area (Å²) < 4.78 is 0. The molecule has 1 fully saturated rings. The first-order valence-electron chi connectivity index (χ1n) is 7.40. The molecule has 1 atom stereocenters. The fourth-order valence-electron chi connectivity index (χ4n) is 2.91. The lowest BCUT2D eigenvalue weighted by atomic mass is 9.94. The highest BCUT2D eigenvalue weighted by Gasteiger charge is 2.20. The van der Waals surface area contributed by atoms with Crippen LogP contribution < -0.4 is 5.32 Å². The van der Waals surface area contributed by atoms with Gasteiger partial charge in [0, 0.05) is 12.1 Å². The molecule has 0 aromatic heterocycles. The van der Waals surface area contributed by atoms with Crippen LogP contribution in [0.4, 0.5) is 0 Å². The van der Waals surface area contributed by atoms with Crippen molar-refractivity contribution in [3.63, 3.8) is 0 Å². The third-order valence-electron chi connectivity index (χ3n) is 3.98. The Hall–Kier alpha value is -0.120. The first kappa shape index (κ1) is 14.9. The minimum absolute atomic E-state index is 0.260. The third kappa shape index (κ3) is 5.36. The molecule has 0 aliphatic heterocycles. The molecule has 3 heteroatoms. The molecule has 1 unspecified atom stereocenters. The van der Waals surface area contributed by atoms with Crippen LogP contribution >= 0.6 is 0 Å². The Morgan fingerprint density at radius 3 is 2.47 bits per heavy atom. The van der Waals surface area contributed by atoms with E-state index in [1.54, 1.807) is 0 Å². The molecule has 2 N–H and O–H groups in total. The summed E-state index contributed by atoms with van der Waals surface area (Å²) >= 11 is 0. The molecule has 0 aromatic carbocycles. The van der Waals surface area contributed by atoms with Crippen LogP contribution in [0.25, 0.3) is 0 Å². The molecule has 0 heterocycles. The Kier molecular flexibility index (Phi) is 7.82. The van der Waals surface area contributed by atoms with Crippen molar-refractivity contribution in [1.29, 1.82) is 0 Å². The maximum Gasteiger partial charge on any atom is 0.0585 e. The van der Waals surface area contributed by atoms with Crippen molar-refractivity contribution >= 4 is 0 Å². The molecule has 0 amide bonds. The number of rotatable bonds is 8. The lowest BCUT2D eigenvalue weighted by molar-refractivity contribution is 0.146. The second-order valence-corrected chi connectivity index (χ2v) is 5.15. The van der Waals surface area contributed by atoms with Crippen molar-refractivity contribution in [3.05, 3.63) is 0 Å². The number of nitrogens with one attached hydrogen (secondary N) is 1. The zero-order valence-electron chi connectivity index (χ0n) is 11.6. The average Bonchev–Trinajstić information content (AvgIpc) is 2.39. The van der Waals surface area contributed by atoms with Crippen molar-refractivity contribution in [1.82, 2.24) is 10.2 Å². The monoisotopic (exact) mass is 242 g/mol. The minimum atomic E-state index is 0.260. The normalized spacial score (nSPS) is 19.8. The number of hydrogen-bond donors (Lipinski definition) is 2. The molecule has 1 aliphatic rings. The smallest absolute Gasteiger partial charge is 0.0585 e. The van der Waals surface area contributed by atoms with Crippen molar-refractivity contribution in [2.45, 2.75) is 64.5 Å². The van der Waals surface area contributed by atoms with Gasteiger partial charge in [-0.2, -0.15) is 0 Å². The summed E-state index contributed by atoms with van der Waals surface area (Å²) in [5.41, 5.74) is 0. The molecule has 1 rings (SSSR count). The van der Waals surface area contributed by atoms with Gasteiger partial charge in [-0.15, -0.1) is 0 Å². The quantitative estimate of drug-likeness (QED) is 0.683. The molecule has 17 heavy (non-hydrogen) atoms. The highest BCUT2D eigenvalue weighted by atomic mass is 16.3. The molecule has 102 valence electrons. The van der Waals surface area contributed by atoms with Crippen molar-refractivity contribution in [3.8, 4) is 0 Å². The Labute approximate surface area is 107 Å². The first-order valence-corrected chi connectivity index (χ1v) is 7.40. The maximum absolute atomic E-state index is 9.27. The van der Waals surface area contributed by atoms with E-state index in [2.05, 4.69) is 24.1 Å². The number of hydrogen-bond acceptors (Lipinski definition) is 3. The van der Waals surface area contributed by atoms with Gasteiger partial charge in [-0.3, -0.25) is 0 Å². The van der Waals surface area contributed by atoms with Crippen LogP contribution in [0, 0.1) is 0 Å². The van der Waals surface area contributed by atoms with E-state index in [4.69, 9.17) is 0 Å². The Morgan fingerprint density at radius 1 is 1.24 bits per heavy atom. The molecular formula is C14H30N2O. The van der Waals surface area contributed by atoms with Crippen LogP contribution in [0.3, 0.4) is 0 Å². The van der Waals surface area contributed by atoms with E-state index in [-0.39, 0.29) is 12.6 Å². The second kappa shape index (κ2) is 8.90. The van der Waals surface area contributed by atoms with Crippen molar-refractivity contribution in [2.24, 2.45) is 0 Å². The highest BCUT2D eigenvalue weighted by molar-refractivity contribution is 4.77. The zero-order valence-corrected chi connectivity index (χ0v) is 11.6. The minimum Gasteiger partial charge on any atom is -0.395 e. The van der Waals surface area contributed by atoms with Gasteiger partial charge >= 0.3 is 0 Å². The second-order valence-electron chi connectivity index (χ2n) is 5.15. The van der Waals surface area contributed by atoms with E-state index in [1.807, 2.05) is 0 Å². The fourth-order valence-corrected chi connectivity index (χ4v) is 2.91. The van der Waals surface area contributed by atoms with E-state index in [0.29, 0.717) is 0 Å². The summed E-state index contributed by atoms with van der Waals surface area (Å²) in [5.74, 6) is 0. The Bertz CT molecular complexity index is 181. The van der Waals surface area contributed by atoms with E-state index >= 15 is 0 Å². The molecular weight excluding hydrogens is 212 g/mol. The molecule has 0 radical (unpaired) electrons. The molecule has 1 saturated carbocycles. The molecule has 0 saturated heterocycles. The largest absolute Gasteiger partial charge is 0.395 e. The van der Waals surface area contributed by atoms with Gasteiger partial charge in [-0.25, -0.2) is 0 Å². The average molecular weight is 242 g/mol. The van der Waals surface area contributed by atoms with Crippen LogP contribution in [0.15, 0.2) is 0 Å². The number of likely N-dealkylation sites (N-methyl/N-ethyl adjacent to an activating group) is 1. The van der Waals surface area contributed by atoms with Crippen LogP contribution in [0.2, 0.25) is 0 Å². The van der Waals surface area contributed by atoms with Gasteiger partial charge in [-0.1, -0.05) is 33.1 Å². The standard InChI is InChI=1S/C14H30N2O/c1-3-15-13(12-17)10-11-16(4-2)14-8-6-5-7-9-14/h13-15,17H,3-12H2,1-2H3. The first-order chi connectivity index (χ1) is 8.31. The predicted octanol–water partition coefficient (Wildman–Crippen LogP) is 2.00. The van der Waals surface area contributed by atoms with E-state index in [0.717, 1.165) is 32.1 Å². The fraction of sp³-hybridized carbons (Fsp3) is 1.00. The molecule has 1 aliphatic carbocycles. The highest BCUT2D eigenvalue weighted by Crippen LogP contribution is 2.22. The van der Waals surface area contributed by atoms with Crippen LogP contribution in [0.1, 0.15) is 52.4 Å². The number of aliphatic hydroxyl groups excluding tert-OH is 1. The van der Waals surface area contributed by atoms with Gasteiger partial charge in [-0.05, 0) is 38.9 Å². The van der Waals surface area contributed by atoms with Gasteiger partial charge in [0.2, 0.25) is 0 Å². The summed E-state index contributed by atoms with van der Waals surface area (Å²) in [5, 5.41) is 12.6. The van der Waals surface area contributed by atoms with E-state index in [9.17, 15) is 5.11 Å². The Balaban J connectivity index is 2.29. The Morgan fingerprint density at radius 2 is 1.94 bits per heavy atom. The topological polar surface area (TPSA) is 35.5 Å². The maximum atomic E-state index is 9.27. The third-order valence-corrected chi connectivity index (χ3v) is 3.98. The summed E-state index contributed by atoms with van der Waals surface area (Å²) in [6, 6.07) is 1.08. The van der Waals surface area contributed by atoms with Gasteiger partial charge < -0.3 is 15.3 Å². The summed E-state index contributed by atoms with van der Waals surface area (Å²) in [7, 11) is 0. The zero-order chi connectivity index (χ0) is 12.5. The lowest BCUT2D eigenvalue weighted by Gasteiger charge is -2.34. The number of nitrogens with zero attached hydrogens (tertiary/aromatic N) is 1. The van der Waals surface area contributed by atoms with E-state index in [1.165, 1.54) is 32.1 Å². The van der Waals surface area contributed by atoms with Gasteiger partial charge in [0.05, 0.1) is 6.61 Å². The molecule has 0 spiro atoms. The van der Waals surface area contributed by atoms with Gasteiger partial charge in [0.1, 0.15) is 0 Å². The molecule has 0 bridgehead atoms. The summed E-state index contributed by atoms with van der Waals surface area (Å²) in [4.78, 5) is 2.61. The van der Waals surface area contributed by atoms with Crippen LogP contribution in [-0.2, 0) is 0 Å². The van der Waals surface area contributed by atoms with Crippen LogP contribution in [0.5, 0.6) is 0 Å². The van der Waals surface area contributed by atoms with Crippen molar-refractivity contribution in [2.75, 3.05) is 26.2 Å².